The molecule has 0 spiro atoms. The van der Waals surface area contributed by atoms with Gasteiger partial charge in [0, 0.05) is 18.2 Å². The summed E-state index contributed by atoms with van der Waals surface area (Å²) in [5.74, 6) is -0.239. The summed E-state index contributed by atoms with van der Waals surface area (Å²) in [6, 6.07) is 7.10. The lowest BCUT2D eigenvalue weighted by atomic mass is 10.0. The first-order valence-corrected chi connectivity index (χ1v) is 6.30. The van der Waals surface area contributed by atoms with Crippen LogP contribution in [0.15, 0.2) is 24.3 Å². The van der Waals surface area contributed by atoms with Gasteiger partial charge in [0.1, 0.15) is 0 Å². The molecule has 4 nitrogen and oxygen atoms in total. The van der Waals surface area contributed by atoms with Crippen molar-refractivity contribution < 1.29 is 9.59 Å². The second-order valence-electron chi connectivity index (χ2n) is 4.62. The fourth-order valence-electron chi connectivity index (χ4n) is 2.23. The van der Waals surface area contributed by atoms with Crippen molar-refractivity contribution in [2.75, 3.05) is 13.1 Å². The molecule has 1 aromatic rings. The summed E-state index contributed by atoms with van der Waals surface area (Å²) in [4.78, 5) is 23.6. The first kappa shape index (κ1) is 15.7. The number of halogens is 1. The van der Waals surface area contributed by atoms with Crippen LogP contribution in [-0.2, 0) is 0 Å². The Morgan fingerprint density at radius 2 is 1.95 bits per heavy atom. The fourth-order valence-corrected chi connectivity index (χ4v) is 2.23. The lowest BCUT2D eigenvalue weighted by molar-refractivity contribution is 0.0918. The lowest BCUT2D eigenvalue weighted by Crippen LogP contribution is -2.45. The van der Waals surface area contributed by atoms with E-state index in [9.17, 15) is 9.59 Å². The molecule has 0 saturated carbocycles. The van der Waals surface area contributed by atoms with Crippen molar-refractivity contribution in [1.29, 1.82) is 0 Å². The van der Waals surface area contributed by atoms with Crippen molar-refractivity contribution in [1.82, 2.24) is 10.6 Å². The largest absolute Gasteiger partial charge is 0.348 e. The van der Waals surface area contributed by atoms with Crippen LogP contribution < -0.4 is 10.6 Å². The zero-order valence-corrected chi connectivity index (χ0v) is 11.8. The molecule has 2 N–H and O–H groups in total. The van der Waals surface area contributed by atoms with Crippen LogP contribution in [0.2, 0.25) is 0 Å². The van der Waals surface area contributed by atoms with E-state index in [1.807, 2.05) is 0 Å². The number of nitrogens with one attached hydrogen (secondary N) is 2. The van der Waals surface area contributed by atoms with E-state index in [0.29, 0.717) is 11.1 Å². The minimum Gasteiger partial charge on any atom is -0.348 e. The van der Waals surface area contributed by atoms with Gasteiger partial charge in [0.15, 0.2) is 5.78 Å². The monoisotopic (exact) mass is 282 g/mol. The Balaban J connectivity index is 0.00000180. The molecule has 1 fully saturated rings. The van der Waals surface area contributed by atoms with E-state index < -0.39 is 0 Å². The number of hydrogen-bond donors (Lipinski definition) is 2. The molecule has 1 aliphatic heterocycles. The van der Waals surface area contributed by atoms with Crippen LogP contribution in [0.3, 0.4) is 0 Å². The first-order chi connectivity index (χ1) is 8.68. The molecule has 19 heavy (non-hydrogen) atoms. The minimum absolute atomic E-state index is 0. The average Bonchev–Trinajstić information content (AvgIpc) is 2.40. The van der Waals surface area contributed by atoms with E-state index in [2.05, 4.69) is 10.6 Å². The van der Waals surface area contributed by atoms with Gasteiger partial charge in [-0.05, 0) is 32.4 Å². The van der Waals surface area contributed by atoms with Crippen molar-refractivity contribution in [2.24, 2.45) is 0 Å². The molecule has 0 bridgehead atoms. The fraction of sp³-hybridized carbons (Fsp3) is 0.429. The van der Waals surface area contributed by atoms with Crippen molar-refractivity contribution in [3.8, 4) is 0 Å². The summed E-state index contributed by atoms with van der Waals surface area (Å²) < 4.78 is 0. The van der Waals surface area contributed by atoms with E-state index in [4.69, 9.17) is 0 Å². The molecule has 1 amide bonds. The number of benzene rings is 1. The van der Waals surface area contributed by atoms with Crippen LogP contribution >= 0.6 is 12.4 Å². The van der Waals surface area contributed by atoms with Crippen molar-refractivity contribution in [3.63, 3.8) is 0 Å². The highest BCUT2D eigenvalue weighted by molar-refractivity contribution is 6.07. The van der Waals surface area contributed by atoms with Gasteiger partial charge in [-0.3, -0.25) is 9.59 Å². The number of ketones is 1. The highest BCUT2D eigenvalue weighted by Gasteiger charge is 2.19. The molecule has 1 saturated heterocycles. The van der Waals surface area contributed by atoms with Gasteiger partial charge in [-0.15, -0.1) is 12.4 Å². The van der Waals surface area contributed by atoms with Crippen LogP contribution in [0, 0.1) is 0 Å². The third-order valence-electron chi connectivity index (χ3n) is 3.18. The summed E-state index contributed by atoms with van der Waals surface area (Å²) in [7, 11) is 0. The Bertz CT molecular complexity index is 457. The number of rotatable bonds is 3. The molecule has 1 heterocycles. The van der Waals surface area contributed by atoms with Gasteiger partial charge >= 0.3 is 0 Å². The van der Waals surface area contributed by atoms with Crippen LogP contribution in [0.25, 0.3) is 0 Å². The number of Topliss-reactive ketones (excluding diaryl/α,β-unsaturated/α-hetero) is 1. The highest BCUT2D eigenvalue weighted by Crippen LogP contribution is 2.11. The smallest absolute Gasteiger partial charge is 0.252 e. The van der Waals surface area contributed by atoms with Gasteiger partial charge < -0.3 is 10.6 Å². The van der Waals surface area contributed by atoms with Crippen LogP contribution in [0.5, 0.6) is 0 Å². The predicted molar refractivity (Wildman–Crippen MR) is 77.1 cm³/mol. The topological polar surface area (TPSA) is 58.2 Å². The maximum absolute atomic E-state index is 12.1. The maximum atomic E-state index is 12.1. The molecule has 1 aromatic carbocycles. The van der Waals surface area contributed by atoms with Gasteiger partial charge in [-0.25, -0.2) is 0 Å². The van der Waals surface area contributed by atoms with Crippen LogP contribution in [0.1, 0.15) is 40.5 Å². The number of piperidine rings is 1. The molecule has 5 heteroatoms. The van der Waals surface area contributed by atoms with Gasteiger partial charge in [0.2, 0.25) is 0 Å². The molecule has 1 aliphatic rings. The predicted octanol–water partition coefficient (Wildman–Crippen LogP) is 1.79. The van der Waals surface area contributed by atoms with E-state index in [1.165, 1.54) is 6.92 Å². The van der Waals surface area contributed by atoms with Crippen molar-refractivity contribution >= 4 is 24.1 Å². The zero-order chi connectivity index (χ0) is 13.0. The Morgan fingerprint density at radius 1 is 1.26 bits per heavy atom. The molecule has 1 atom stereocenters. The Labute approximate surface area is 119 Å². The summed E-state index contributed by atoms with van der Waals surface area (Å²) in [5.41, 5.74) is 0.953. The van der Waals surface area contributed by atoms with E-state index in [0.717, 1.165) is 25.9 Å². The Hall–Kier alpha value is -1.39. The molecule has 0 aromatic heterocycles. The van der Waals surface area contributed by atoms with E-state index >= 15 is 0 Å². The average molecular weight is 283 g/mol. The number of hydrogen-bond acceptors (Lipinski definition) is 3. The molecule has 2 rings (SSSR count). The number of carbonyl (C=O) groups excluding carboxylic acids is 2. The van der Waals surface area contributed by atoms with E-state index in [-0.39, 0.29) is 30.1 Å². The third-order valence-corrected chi connectivity index (χ3v) is 3.18. The molecular formula is C14H19ClN2O2. The first-order valence-electron chi connectivity index (χ1n) is 6.30. The molecule has 0 radical (unpaired) electrons. The Morgan fingerprint density at radius 3 is 2.53 bits per heavy atom. The SMILES string of the molecule is CC(=O)c1ccccc1C(=O)N[C@H]1CCCNC1.Cl. The molecule has 104 valence electrons. The molecule has 0 unspecified atom stereocenters. The number of amides is 1. The van der Waals surface area contributed by atoms with Gasteiger partial charge in [0.05, 0.1) is 5.56 Å². The summed E-state index contributed by atoms with van der Waals surface area (Å²) in [5, 5.41) is 6.22. The molecule has 0 aliphatic carbocycles. The summed E-state index contributed by atoms with van der Waals surface area (Å²) in [6.45, 7) is 3.29. The van der Waals surface area contributed by atoms with Gasteiger partial charge in [-0.1, -0.05) is 18.2 Å². The zero-order valence-electron chi connectivity index (χ0n) is 10.9. The Kier molecular flexibility index (Phi) is 5.99. The van der Waals surface area contributed by atoms with Gasteiger partial charge in [0.25, 0.3) is 5.91 Å². The minimum atomic E-state index is -0.158. The normalized spacial score (nSPS) is 18.3. The highest BCUT2D eigenvalue weighted by atomic mass is 35.5. The number of carbonyl (C=O) groups is 2. The van der Waals surface area contributed by atoms with Crippen molar-refractivity contribution in [3.05, 3.63) is 35.4 Å². The standard InChI is InChI=1S/C14H18N2O2.ClH/c1-10(17)12-6-2-3-7-13(12)14(18)16-11-5-4-8-15-9-11;/h2-3,6-7,11,15H,4-5,8-9H2,1H3,(H,16,18);1H/t11-;/m0./s1. The lowest BCUT2D eigenvalue weighted by Gasteiger charge is -2.24. The summed E-state index contributed by atoms with van der Waals surface area (Å²) >= 11 is 0. The maximum Gasteiger partial charge on any atom is 0.252 e. The quantitative estimate of drug-likeness (QED) is 0.831. The second kappa shape index (κ2) is 7.26. The van der Waals surface area contributed by atoms with Crippen LogP contribution in [0.4, 0.5) is 0 Å². The third kappa shape index (κ3) is 4.04. The van der Waals surface area contributed by atoms with Crippen molar-refractivity contribution in [2.45, 2.75) is 25.8 Å². The van der Waals surface area contributed by atoms with Gasteiger partial charge in [-0.2, -0.15) is 0 Å². The summed E-state index contributed by atoms with van der Waals surface area (Å²) in [6.07, 6.45) is 2.06. The molecular weight excluding hydrogens is 264 g/mol. The second-order valence-corrected chi connectivity index (χ2v) is 4.62. The van der Waals surface area contributed by atoms with E-state index in [1.54, 1.807) is 24.3 Å². The van der Waals surface area contributed by atoms with Crippen LogP contribution in [-0.4, -0.2) is 30.8 Å².